The van der Waals surface area contributed by atoms with Crippen molar-refractivity contribution in [2.45, 2.75) is 11.4 Å². The average molecular weight is 411 g/mol. The van der Waals surface area contributed by atoms with Crippen molar-refractivity contribution >= 4 is 33.2 Å². The Balaban J connectivity index is 1.71. The van der Waals surface area contributed by atoms with E-state index in [0.29, 0.717) is 38.3 Å². The van der Waals surface area contributed by atoms with Crippen molar-refractivity contribution < 1.29 is 13.3 Å². The molecular weight excluding hydrogens is 393 g/mol. The summed E-state index contributed by atoms with van der Waals surface area (Å²) in [6.45, 7) is 2.77. The van der Waals surface area contributed by atoms with Gasteiger partial charge in [0.1, 0.15) is 11.4 Å². The highest BCUT2D eigenvalue weighted by Crippen LogP contribution is 2.31. The van der Waals surface area contributed by atoms with Gasteiger partial charge in [0, 0.05) is 5.56 Å². The lowest BCUT2D eigenvalue weighted by Crippen LogP contribution is -3.13. The number of nitrogens with zero attached hydrogens (tertiary/aromatic N) is 2. The van der Waals surface area contributed by atoms with E-state index in [1.54, 1.807) is 12.1 Å². The Morgan fingerprint density at radius 3 is 2.27 bits per heavy atom. The molecule has 8 heteroatoms. The van der Waals surface area contributed by atoms with Crippen LogP contribution in [0.1, 0.15) is 11.1 Å². The van der Waals surface area contributed by atoms with Gasteiger partial charge in [-0.25, -0.2) is 8.42 Å². The molecule has 0 spiro atoms. The minimum atomic E-state index is -3.73. The number of piperazine rings is 1. The first-order chi connectivity index (χ1) is 12.4. The fourth-order valence-electron chi connectivity index (χ4n) is 3.13. The van der Waals surface area contributed by atoms with E-state index in [1.165, 1.54) is 21.3 Å². The van der Waals surface area contributed by atoms with Crippen molar-refractivity contribution in [1.82, 2.24) is 4.31 Å². The first-order valence-electron chi connectivity index (χ1n) is 8.19. The van der Waals surface area contributed by atoms with Gasteiger partial charge in [0.25, 0.3) is 0 Å². The van der Waals surface area contributed by atoms with Crippen LogP contribution < -0.4 is 4.90 Å². The Hall–Kier alpha value is -1.62. The molecule has 0 amide bonds. The number of nitrogens with one attached hydrogen (secondary N) is 1. The summed E-state index contributed by atoms with van der Waals surface area (Å²) in [5.74, 6) is 0. The van der Waals surface area contributed by atoms with Gasteiger partial charge in [0.15, 0.2) is 0 Å². The summed E-state index contributed by atoms with van der Waals surface area (Å²) in [4.78, 5) is 1.21. The van der Waals surface area contributed by atoms with Crippen molar-refractivity contribution in [3.63, 3.8) is 0 Å². The van der Waals surface area contributed by atoms with E-state index in [4.69, 9.17) is 23.2 Å². The maximum absolute atomic E-state index is 12.9. The minimum absolute atomic E-state index is 0.0263. The van der Waals surface area contributed by atoms with E-state index < -0.39 is 10.0 Å². The van der Waals surface area contributed by atoms with E-state index in [2.05, 4.69) is 6.07 Å². The van der Waals surface area contributed by atoms with Gasteiger partial charge in [-0.15, -0.1) is 0 Å². The summed E-state index contributed by atoms with van der Waals surface area (Å²) >= 11 is 12.2. The zero-order valence-electron chi connectivity index (χ0n) is 14.0. The van der Waals surface area contributed by atoms with Crippen LogP contribution in [0, 0.1) is 11.3 Å². The summed E-state index contributed by atoms with van der Waals surface area (Å²) in [5, 5.41) is 9.47. The molecule has 0 aromatic heterocycles. The molecule has 2 aromatic carbocycles. The SMILES string of the molecule is N#Cc1ccccc1C[NH+]1CCN(S(=O)(=O)c2c(Cl)cccc2Cl)CC1. The molecule has 0 saturated carbocycles. The predicted molar refractivity (Wildman–Crippen MR) is 101 cm³/mol. The van der Waals surface area contributed by atoms with E-state index in [1.807, 2.05) is 18.2 Å². The maximum atomic E-state index is 12.9. The molecule has 26 heavy (non-hydrogen) atoms. The number of rotatable bonds is 4. The molecule has 136 valence electrons. The summed E-state index contributed by atoms with van der Waals surface area (Å²) in [6.07, 6.45) is 0. The van der Waals surface area contributed by atoms with Crippen LogP contribution in [0.15, 0.2) is 47.4 Å². The highest BCUT2D eigenvalue weighted by atomic mass is 35.5. The number of benzene rings is 2. The molecule has 1 aliphatic heterocycles. The molecule has 1 N–H and O–H groups in total. The molecule has 0 bridgehead atoms. The lowest BCUT2D eigenvalue weighted by molar-refractivity contribution is -0.917. The Kier molecular flexibility index (Phi) is 5.86. The van der Waals surface area contributed by atoms with Crippen LogP contribution in [0.5, 0.6) is 0 Å². The lowest BCUT2D eigenvalue weighted by atomic mass is 10.1. The van der Waals surface area contributed by atoms with E-state index >= 15 is 0 Å². The second-order valence-corrected chi connectivity index (χ2v) is 8.84. The first-order valence-corrected chi connectivity index (χ1v) is 10.4. The molecule has 0 atom stereocenters. The normalized spacial score (nSPS) is 16.3. The summed E-state index contributed by atoms with van der Waals surface area (Å²) in [6, 6.07) is 14.4. The van der Waals surface area contributed by atoms with Crippen molar-refractivity contribution in [2.24, 2.45) is 0 Å². The predicted octanol–water partition coefficient (Wildman–Crippen LogP) is 1.95. The van der Waals surface area contributed by atoms with Crippen molar-refractivity contribution in [3.8, 4) is 6.07 Å². The Morgan fingerprint density at radius 2 is 1.65 bits per heavy atom. The third kappa shape index (κ3) is 3.88. The van der Waals surface area contributed by atoms with Gasteiger partial charge < -0.3 is 4.90 Å². The van der Waals surface area contributed by atoms with Gasteiger partial charge >= 0.3 is 0 Å². The second-order valence-electron chi connectivity index (χ2n) is 6.15. The summed E-state index contributed by atoms with van der Waals surface area (Å²) in [7, 11) is -3.73. The number of hydrogen-bond acceptors (Lipinski definition) is 3. The van der Waals surface area contributed by atoms with Gasteiger partial charge in [-0.05, 0) is 18.2 Å². The first kappa shape index (κ1) is 19.2. The molecule has 5 nitrogen and oxygen atoms in total. The monoisotopic (exact) mass is 410 g/mol. The van der Waals surface area contributed by atoms with Gasteiger partial charge in [0.2, 0.25) is 10.0 Å². The fraction of sp³-hybridized carbons (Fsp3) is 0.278. The highest BCUT2D eigenvalue weighted by molar-refractivity contribution is 7.89. The van der Waals surface area contributed by atoms with Crippen LogP contribution in [0.25, 0.3) is 0 Å². The molecule has 1 heterocycles. The molecular formula is C18H18Cl2N3O2S+. The molecule has 0 unspecified atom stereocenters. The van der Waals surface area contributed by atoms with Crippen LogP contribution in [-0.2, 0) is 16.6 Å². The van der Waals surface area contributed by atoms with Crippen molar-refractivity contribution in [1.29, 1.82) is 5.26 Å². The number of nitriles is 1. The van der Waals surface area contributed by atoms with E-state index in [9.17, 15) is 13.7 Å². The number of quaternary nitrogens is 1. The molecule has 3 rings (SSSR count). The molecule has 1 saturated heterocycles. The Bertz CT molecular complexity index is 929. The minimum Gasteiger partial charge on any atom is -0.329 e. The quantitative estimate of drug-likeness (QED) is 0.837. The van der Waals surface area contributed by atoms with E-state index in [-0.39, 0.29) is 14.9 Å². The van der Waals surface area contributed by atoms with Crippen LogP contribution in [0.3, 0.4) is 0 Å². The number of hydrogen-bond donors (Lipinski definition) is 1. The molecule has 0 aliphatic carbocycles. The standard InChI is InChI=1S/C18H17Cl2N3O2S/c19-16-6-3-7-17(20)18(16)26(24,25)23-10-8-22(9-11-23)13-15-5-2-1-4-14(15)12-21/h1-7H,8-11,13H2/p+1. The molecule has 1 fully saturated rings. The largest absolute Gasteiger partial charge is 0.329 e. The van der Waals surface area contributed by atoms with Crippen LogP contribution in [-0.4, -0.2) is 38.9 Å². The van der Waals surface area contributed by atoms with Gasteiger partial charge in [-0.2, -0.15) is 9.57 Å². The topological polar surface area (TPSA) is 65.6 Å². The third-order valence-electron chi connectivity index (χ3n) is 4.52. The lowest BCUT2D eigenvalue weighted by Gasteiger charge is -2.32. The second kappa shape index (κ2) is 7.95. The zero-order chi connectivity index (χ0) is 18.7. The third-order valence-corrected chi connectivity index (χ3v) is 7.38. The zero-order valence-corrected chi connectivity index (χ0v) is 16.3. The molecule has 1 aliphatic rings. The smallest absolute Gasteiger partial charge is 0.246 e. The Labute approximate surface area is 163 Å². The van der Waals surface area contributed by atoms with Crippen LogP contribution >= 0.6 is 23.2 Å². The van der Waals surface area contributed by atoms with E-state index in [0.717, 1.165) is 5.56 Å². The van der Waals surface area contributed by atoms with Gasteiger partial charge in [-0.3, -0.25) is 0 Å². The number of sulfonamides is 1. The highest BCUT2D eigenvalue weighted by Gasteiger charge is 2.33. The van der Waals surface area contributed by atoms with Gasteiger partial charge in [0.05, 0.1) is 47.9 Å². The summed E-state index contributed by atoms with van der Waals surface area (Å²) in [5.41, 5.74) is 1.65. The molecule has 2 aromatic rings. The fourth-order valence-corrected chi connectivity index (χ4v) is 5.66. The Morgan fingerprint density at radius 1 is 1.04 bits per heavy atom. The summed E-state index contributed by atoms with van der Waals surface area (Å²) < 4.78 is 27.2. The average Bonchev–Trinajstić information content (AvgIpc) is 2.62. The van der Waals surface area contributed by atoms with Crippen LogP contribution in [0.2, 0.25) is 10.0 Å². The maximum Gasteiger partial charge on any atom is 0.246 e. The molecule has 0 radical (unpaired) electrons. The van der Waals surface area contributed by atoms with Crippen LogP contribution in [0.4, 0.5) is 0 Å². The van der Waals surface area contributed by atoms with Crippen molar-refractivity contribution in [3.05, 3.63) is 63.6 Å². The number of halogens is 2. The van der Waals surface area contributed by atoms with Gasteiger partial charge in [-0.1, -0.05) is 47.5 Å². The van der Waals surface area contributed by atoms with Crippen molar-refractivity contribution in [2.75, 3.05) is 26.2 Å².